The molecular weight excluding hydrogens is 486 g/mol. The summed E-state index contributed by atoms with van der Waals surface area (Å²) in [7, 11) is 0. The molecule has 1 aromatic carbocycles. The van der Waals surface area contributed by atoms with E-state index in [4.69, 9.17) is 5.26 Å². The molecule has 2 fully saturated rings. The number of fused-ring (bicyclic) bond motifs is 1. The second-order valence-corrected chi connectivity index (χ2v) is 10.5. The van der Waals surface area contributed by atoms with Crippen molar-refractivity contribution in [3.8, 4) is 6.07 Å². The van der Waals surface area contributed by atoms with Crippen LogP contribution in [0.25, 0.3) is 6.08 Å². The predicted octanol–water partition coefficient (Wildman–Crippen LogP) is 6.84. The second kappa shape index (κ2) is 15.5. The molecule has 0 aromatic heterocycles. The van der Waals surface area contributed by atoms with Crippen molar-refractivity contribution in [3.05, 3.63) is 40.5 Å². The Labute approximate surface area is 227 Å². The van der Waals surface area contributed by atoms with E-state index in [9.17, 15) is 23.2 Å². The van der Waals surface area contributed by atoms with E-state index in [-0.39, 0.29) is 29.9 Å². The normalized spacial score (nSPS) is 22.4. The van der Waals surface area contributed by atoms with E-state index < -0.39 is 11.6 Å². The minimum absolute atomic E-state index is 0.0196. The predicted molar refractivity (Wildman–Crippen MR) is 147 cm³/mol. The van der Waals surface area contributed by atoms with Crippen molar-refractivity contribution in [1.29, 1.82) is 5.26 Å². The standard InChI is InChI=1S/C11H8F2O.C9H12N2O2.C9H18.C2H6/c1-6(14)7-2-8-3-9(12)5-11(13)10(8)4-7;10-6-7(2-4-12)5-8-1-3-11-9(8)13;1-5-7-8(6-2)9(7,3)4;1-2/h3-5H,2H2,1H3;4,7-8H,1-3,5H2,(H,11,13);7-8H,5-6H2,1-4H3;1-2H3. The van der Waals surface area contributed by atoms with Crippen LogP contribution in [0.5, 0.6) is 0 Å². The van der Waals surface area contributed by atoms with Crippen LogP contribution in [0.3, 0.4) is 0 Å². The molecule has 1 heterocycles. The van der Waals surface area contributed by atoms with Gasteiger partial charge in [-0.3, -0.25) is 9.59 Å². The Morgan fingerprint density at radius 1 is 1.21 bits per heavy atom. The lowest BCUT2D eigenvalue weighted by Crippen LogP contribution is -2.20. The van der Waals surface area contributed by atoms with E-state index in [1.54, 1.807) is 0 Å². The van der Waals surface area contributed by atoms with Gasteiger partial charge in [0.25, 0.3) is 0 Å². The molecule has 7 heteroatoms. The van der Waals surface area contributed by atoms with Crippen LogP contribution in [-0.2, 0) is 20.8 Å². The van der Waals surface area contributed by atoms with Crippen LogP contribution < -0.4 is 5.32 Å². The summed E-state index contributed by atoms with van der Waals surface area (Å²) >= 11 is 0. The number of amides is 1. The number of benzene rings is 1. The zero-order valence-electron chi connectivity index (χ0n) is 24.0. The number of aldehydes is 1. The lowest BCUT2D eigenvalue weighted by atomic mass is 9.92. The first-order valence-electron chi connectivity index (χ1n) is 13.8. The van der Waals surface area contributed by atoms with Crippen LogP contribution in [-0.4, -0.2) is 24.5 Å². The molecule has 0 radical (unpaired) electrons. The fourth-order valence-electron chi connectivity index (χ4n) is 5.61. The zero-order chi connectivity index (χ0) is 29.0. The molecule has 4 unspecified atom stereocenters. The number of carbonyl (C=O) groups is 3. The summed E-state index contributed by atoms with van der Waals surface area (Å²) in [5.74, 6) is 0.420. The minimum Gasteiger partial charge on any atom is -0.356 e. The molecule has 2 aliphatic carbocycles. The van der Waals surface area contributed by atoms with Gasteiger partial charge in [-0.2, -0.15) is 5.26 Å². The summed E-state index contributed by atoms with van der Waals surface area (Å²) in [6.07, 6.45) is 6.86. The van der Waals surface area contributed by atoms with E-state index in [1.807, 2.05) is 19.9 Å². The maximum Gasteiger partial charge on any atom is 0.223 e. The van der Waals surface area contributed by atoms with Gasteiger partial charge in [-0.25, -0.2) is 8.78 Å². The van der Waals surface area contributed by atoms with Crippen molar-refractivity contribution in [2.45, 2.75) is 87.0 Å². The Morgan fingerprint density at radius 3 is 2.24 bits per heavy atom. The van der Waals surface area contributed by atoms with Gasteiger partial charge in [-0.05, 0) is 60.3 Å². The van der Waals surface area contributed by atoms with Crippen LogP contribution in [0.15, 0.2) is 17.7 Å². The topological polar surface area (TPSA) is 87.0 Å². The Kier molecular flexibility index (Phi) is 13.5. The molecule has 0 spiro atoms. The van der Waals surface area contributed by atoms with Crippen LogP contribution in [0.4, 0.5) is 8.78 Å². The van der Waals surface area contributed by atoms with Gasteiger partial charge in [0.1, 0.15) is 17.9 Å². The highest BCUT2D eigenvalue weighted by molar-refractivity contribution is 6.00. The summed E-state index contributed by atoms with van der Waals surface area (Å²) in [6, 6.07) is 4.14. The van der Waals surface area contributed by atoms with Crippen LogP contribution in [0.2, 0.25) is 0 Å². The van der Waals surface area contributed by atoms with E-state index in [0.717, 1.165) is 30.6 Å². The van der Waals surface area contributed by atoms with Gasteiger partial charge in [0.15, 0.2) is 5.78 Å². The molecule has 3 aliphatic rings. The van der Waals surface area contributed by atoms with Crippen molar-refractivity contribution in [2.75, 3.05) is 6.54 Å². The number of nitriles is 1. The molecule has 0 bridgehead atoms. The van der Waals surface area contributed by atoms with Gasteiger partial charge in [-0.15, -0.1) is 0 Å². The number of ketones is 1. The summed E-state index contributed by atoms with van der Waals surface area (Å²) < 4.78 is 26.0. The van der Waals surface area contributed by atoms with Gasteiger partial charge in [0.05, 0.1) is 12.0 Å². The van der Waals surface area contributed by atoms with Crippen LogP contribution >= 0.6 is 0 Å². The lowest BCUT2D eigenvalue weighted by molar-refractivity contribution is -0.123. The number of hydrogen-bond donors (Lipinski definition) is 1. The van der Waals surface area contributed by atoms with Crippen molar-refractivity contribution in [1.82, 2.24) is 5.32 Å². The molecule has 1 aromatic rings. The number of halogens is 2. The zero-order valence-corrected chi connectivity index (χ0v) is 24.0. The quantitative estimate of drug-likeness (QED) is 0.391. The third-order valence-electron chi connectivity index (χ3n) is 7.79. The number of nitrogens with one attached hydrogen (secondary N) is 1. The number of Topliss-reactive ketones (excluding diaryl/α,β-unsaturated/α-hetero) is 1. The number of carbonyl (C=O) groups excluding carboxylic acids is 3. The van der Waals surface area contributed by atoms with Crippen LogP contribution in [0.1, 0.15) is 91.7 Å². The van der Waals surface area contributed by atoms with Crippen molar-refractivity contribution < 1.29 is 23.2 Å². The van der Waals surface area contributed by atoms with Crippen LogP contribution in [0, 0.1) is 52.1 Å². The SMILES string of the molecule is CC.CC(=O)C1=Cc2c(F)cc(F)cc2C1.CCC1C(CC)C1(C)C.N#CC(CC=O)CC1CCNC1=O. The molecule has 5 nitrogen and oxygen atoms in total. The van der Waals surface area contributed by atoms with Crippen molar-refractivity contribution >= 4 is 24.1 Å². The maximum atomic E-state index is 13.2. The third kappa shape index (κ3) is 8.85. The monoisotopic (exact) mass is 530 g/mol. The average Bonchev–Trinajstić information content (AvgIpc) is 3.20. The smallest absolute Gasteiger partial charge is 0.223 e. The van der Waals surface area contributed by atoms with Gasteiger partial charge in [0, 0.05) is 36.9 Å². The number of rotatable bonds is 7. The molecule has 1 saturated heterocycles. The molecule has 1 saturated carbocycles. The highest BCUT2D eigenvalue weighted by Gasteiger charge is 2.54. The minimum atomic E-state index is -0.601. The Morgan fingerprint density at radius 2 is 1.82 bits per heavy atom. The van der Waals surface area contributed by atoms with Gasteiger partial charge >= 0.3 is 0 Å². The molecule has 1 aliphatic heterocycles. The molecule has 4 atom stereocenters. The van der Waals surface area contributed by atoms with Crippen molar-refractivity contribution in [3.63, 3.8) is 0 Å². The van der Waals surface area contributed by atoms with Gasteiger partial charge in [0.2, 0.25) is 5.91 Å². The number of allylic oxidation sites excluding steroid dienone is 1. The summed E-state index contributed by atoms with van der Waals surface area (Å²) in [4.78, 5) is 32.3. The fourth-order valence-corrected chi connectivity index (χ4v) is 5.61. The average molecular weight is 531 g/mol. The molecule has 1 amide bonds. The van der Waals surface area contributed by atoms with E-state index in [0.29, 0.717) is 41.5 Å². The highest BCUT2D eigenvalue weighted by atomic mass is 19.1. The largest absolute Gasteiger partial charge is 0.356 e. The first-order valence-corrected chi connectivity index (χ1v) is 13.8. The lowest BCUT2D eigenvalue weighted by Gasteiger charge is -2.08. The number of nitrogens with zero attached hydrogens (tertiary/aromatic N) is 1. The number of hydrogen-bond acceptors (Lipinski definition) is 4. The first kappa shape index (κ1) is 33.1. The molecular formula is C31H44F2N2O3. The summed E-state index contributed by atoms with van der Waals surface area (Å²) in [6.45, 7) is 15.5. The van der Waals surface area contributed by atoms with Gasteiger partial charge in [-0.1, -0.05) is 54.4 Å². The Hall–Kier alpha value is -2.88. The van der Waals surface area contributed by atoms with E-state index in [1.165, 1.54) is 31.9 Å². The Balaban J connectivity index is 0.000000282. The molecule has 4 rings (SSSR count). The summed E-state index contributed by atoms with van der Waals surface area (Å²) in [5, 5.41) is 11.4. The fraction of sp³-hybridized carbons (Fsp3) is 0.613. The van der Waals surface area contributed by atoms with Crippen molar-refractivity contribution in [2.24, 2.45) is 29.1 Å². The molecule has 1 N–H and O–H groups in total. The second-order valence-electron chi connectivity index (χ2n) is 10.5. The first-order chi connectivity index (χ1) is 18.0. The third-order valence-corrected chi connectivity index (χ3v) is 7.79. The highest BCUT2D eigenvalue weighted by Crippen LogP contribution is 2.61. The van der Waals surface area contributed by atoms with E-state index in [2.05, 4.69) is 33.0 Å². The summed E-state index contributed by atoms with van der Waals surface area (Å²) in [5.41, 5.74) is 2.11. The van der Waals surface area contributed by atoms with E-state index >= 15 is 0 Å². The molecule has 38 heavy (non-hydrogen) atoms. The molecule has 210 valence electrons. The maximum absolute atomic E-state index is 13.2. The van der Waals surface area contributed by atoms with Gasteiger partial charge < -0.3 is 10.1 Å². The Bertz CT molecular complexity index is 1030.